The average Bonchev–Trinajstić information content (AvgIpc) is 2.92. The van der Waals surface area contributed by atoms with E-state index in [0.29, 0.717) is 27.4 Å². The largest absolute Gasteiger partial charge is 0.330 e. The van der Waals surface area contributed by atoms with Gasteiger partial charge in [0, 0.05) is 16.2 Å². The molecule has 4 nitrogen and oxygen atoms in total. The molecule has 1 aromatic heterocycles. The summed E-state index contributed by atoms with van der Waals surface area (Å²) in [6, 6.07) is 11.4. The highest BCUT2D eigenvalue weighted by Crippen LogP contribution is 2.24. The fraction of sp³-hybridized carbons (Fsp3) is 0.0588. The van der Waals surface area contributed by atoms with E-state index in [9.17, 15) is 4.39 Å². The molecule has 0 atom stereocenters. The van der Waals surface area contributed by atoms with Crippen LogP contribution in [0.4, 0.5) is 15.9 Å². The third-order valence-corrected chi connectivity index (χ3v) is 4.49. The van der Waals surface area contributed by atoms with Crippen molar-refractivity contribution in [3.8, 4) is 0 Å². The van der Waals surface area contributed by atoms with Crippen LogP contribution in [0, 0.1) is 5.82 Å². The molecule has 0 aliphatic heterocycles. The Labute approximate surface area is 169 Å². The molecule has 0 amide bonds. The van der Waals surface area contributed by atoms with Gasteiger partial charge >= 0.3 is 0 Å². The van der Waals surface area contributed by atoms with Gasteiger partial charge in [-0.2, -0.15) is 5.10 Å². The van der Waals surface area contributed by atoms with E-state index in [1.54, 1.807) is 41.2 Å². The van der Waals surface area contributed by atoms with Crippen molar-refractivity contribution in [2.75, 3.05) is 10.6 Å². The number of rotatable bonds is 4. The van der Waals surface area contributed by atoms with Crippen molar-refractivity contribution in [2.45, 2.75) is 6.54 Å². The number of thiocarbonyl (C=S) groups is 1. The molecular weight excluding hydrogens is 418 g/mol. The number of benzene rings is 2. The van der Waals surface area contributed by atoms with Gasteiger partial charge in [-0.1, -0.05) is 53.0 Å². The maximum absolute atomic E-state index is 13.7. The standard InChI is InChI=1S/C17H12Cl3FN4S/c18-11-6-5-10(12(19)7-11)8-25-9-13(20)16(24-25)23-17(26)22-15-4-2-1-3-14(15)21/h1-7,9H,8H2,(H2,22,23,24,26). The minimum Gasteiger partial charge on any atom is -0.330 e. The monoisotopic (exact) mass is 428 g/mol. The molecule has 0 saturated carbocycles. The van der Waals surface area contributed by atoms with Crippen molar-refractivity contribution in [3.05, 3.63) is 75.1 Å². The van der Waals surface area contributed by atoms with Crippen LogP contribution >= 0.6 is 47.0 Å². The Morgan fingerprint density at radius 1 is 1.08 bits per heavy atom. The molecular formula is C17H12Cl3FN4S. The Morgan fingerprint density at radius 2 is 1.85 bits per heavy atom. The van der Waals surface area contributed by atoms with Gasteiger partial charge in [-0.05, 0) is 42.0 Å². The number of nitrogens with zero attached hydrogens (tertiary/aromatic N) is 2. The van der Waals surface area contributed by atoms with Gasteiger partial charge in [-0.25, -0.2) is 4.39 Å². The summed E-state index contributed by atoms with van der Waals surface area (Å²) in [5.41, 5.74) is 1.10. The molecule has 2 N–H and O–H groups in total. The number of nitrogens with one attached hydrogen (secondary N) is 2. The Morgan fingerprint density at radius 3 is 2.58 bits per heavy atom. The summed E-state index contributed by atoms with van der Waals surface area (Å²) in [6.07, 6.45) is 1.64. The zero-order chi connectivity index (χ0) is 18.7. The number of halogens is 4. The van der Waals surface area contributed by atoms with Crippen LogP contribution in [0.2, 0.25) is 15.1 Å². The van der Waals surface area contributed by atoms with Gasteiger partial charge in [0.1, 0.15) is 10.8 Å². The van der Waals surface area contributed by atoms with Crippen molar-refractivity contribution in [1.82, 2.24) is 9.78 Å². The summed E-state index contributed by atoms with van der Waals surface area (Å²) in [4.78, 5) is 0. The first-order valence-electron chi connectivity index (χ1n) is 7.42. The molecule has 0 fully saturated rings. The molecule has 0 saturated heterocycles. The molecule has 2 aromatic carbocycles. The molecule has 0 bridgehead atoms. The van der Waals surface area contributed by atoms with Gasteiger partial charge in [0.05, 0.1) is 12.2 Å². The van der Waals surface area contributed by atoms with E-state index in [4.69, 9.17) is 47.0 Å². The highest BCUT2D eigenvalue weighted by Gasteiger charge is 2.11. The van der Waals surface area contributed by atoms with Gasteiger partial charge < -0.3 is 10.6 Å². The second kappa shape index (κ2) is 8.22. The maximum Gasteiger partial charge on any atom is 0.176 e. The van der Waals surface area contributed by atoms with E-state index in [-0.39, 0.29) is 10.8 Å². The first-order valence-corrected chi connectivity index (χ1v) is 8.96. The predicted octanol–water partition coefficient (Wildman–Crippen LogP) is 5.84. The minimum absolute atomic E-state index is 0.173. The first kappa shape index (κ1) is 18.9. The Balaban J connectivity index is 1.70. The second-order valence-electron chi connectivity index (χ2n) is 5.32. The van der Waals surface area contributed by atoms with Crippen LogP contribution in [0.15, 0.2) is 48.7 Å². The molecule has 0 aliphatic rings. The summed E-state index contributed by atoms with van der Waals surface area (Å²) in [6.45, 7) is 0.408. The van der Waals surface area contributed by atoms with Crippen molar-refractivity contribution < 1.29 is 4.39 Å². The van der Waals surface area contributed by atoms with E-state index in [1.165, 1.54) is 6.07 Å². The molecule has 0 unspecified atom stereocenters. The van der Waals surface area contributed by atoms with Crippen molar-refractivity contribution in [3.63, 3.8) is 0 Å². The Kier molecular flexibility index (Phi) is 5.98. The molecule has 0 spiro atoms. The number of para-hydroxylation sites is 1. The van der Waals surface area contributed by atoms with Crippen LogP contribution in [0.5, 0.6) is 0 Å². The molecule has 3 aromatic rings. The van der Waals surface area contributed by atoms with Crippen LogP contribution in [-0.4, -0.2) is 14.9 Å². The van der Waals surface area contributed by atoms with Gasteiger partial charge in [-0.15, -0.1) is 0 Å². The summed E-state index contributed by atoms with van der Waals surface area (Å²) in [5.74, 6) is -0.0590. The molecule has 26 heavy (non-hydrogen) atoms. The van der Waals surface area contributed by atoms with Gasteiger partial charge in [-0.3, -0.25) is 4.68 Å². The van der Waals surface area contributed by atoms with E-state index in [1.807, 2.05) is 6.07 Å². The highest BCUT2D eigenvalue weighted by molar-refractivity contribution is 7.80. The zero-order valence-corrected chi connectivity index (χ0v) is 16.2. The topological polar surface area (TPSA) is 41.9 Å². The molecule has 134 valence electrons. The minimum atomic E-state index is -0.411. The maximum atomic E-state index is 13.7. The lowest BCUT2D eigenvalue weighted by Gasteiger charge is -2.09. The van der Waals surface area contributed by atoms with Crippen LogP contribution < -0.4 is 10.6 Å². The predicted molar refractivity (Wildman–Crippen MR) is 109 cm³/mol. The van der Waals surface area contributed by atoms with E-state index >= 15 is 0 Å². The lowest BCUT2D eigenvalue weighted by atomic mass is 10.2. The van der Waals surface area contributed by atoms with E-state index < -0.39 is 5.82 Å². The third kappa shape index (κ3) is 4.65. The summed E-state index contributed by atoms with van der Waals surface area (Å²) < 4.78 is 15.3. The normalized spacial score (nSPS) is 10.6. The SMILES string of the molecule is Fc1ccccc1NC(=S)Nc1nn(Cc2ccc(Cl)cc2Cl)cc1Cl. The van der Waals surface area contributed by atoms with Crippen molar-refractivity contribution in [2.24, 2.45) is 0 Å². The zero-order valence-electron chi connectivity index (χ0n) is 13.1. The highest BCUT2D eigenvalue weighted by atomic mass is 35.5. The average molecular weight is 430 g/mol. The second-order valence-corrected chi connectivity index (χ2v) is 6.98. The number of aromatic nitrogens is 2. The fourth-order valence-corrected chi connectivity index (χ4v) is 3.08. The Bertz CT molecular complexity index is 961. The third-order valence-electron chi connectivity index (χ3n) is 3.42. The molecule has 0 aliphatic carbocycles. The van der Waals surface area contributed by atoms with Crippen LogP contribution in [0.3, 0.4) is 0 Å². The van der Waals surface area contributed by atoms with E-state index in [2.05, 4.69) is 15.7 Å². The lowest BCUT2D eigenvalue weighted by Crippen LogP contribution is -2.20. The van der Waals surface area contributed by atoms with Gasteiger partial charge in [0.15, 0.2) is 10.9 Å². The first-order chi connectivity index (χ1) is 12.4. The summed E-state index contributed by atoms with van der Waals surface area (Å²) >= 11 is 23.4. The molecule has 1 heterocycles. The quantitative estimate of drug-likeness (QED) is 0.511. The smallest absolute Gasteiger partial charge is 0.176 e. The van der Waals surface area contributed by atoms with E-state index in [0.717, 1.165) is 5.56 Å². The van der Waals surface area contributed by atoms with Crippen LogP contribution in [0.25, 0.3) is 0 Å². The Hall–Kier alpha value is -1.86. The fourth-order valence-electron chi connectivity index (χ4n) is 2.21. The number of hydrogen-bond donors (Lipinski definition) is 2. The molecule has 0 radical (unpaired) electrons. The summed E-state index contributed by atoms with van der Waals surface area (Å²) in [7, 11) is 0. The van der Waals surface area contributed by atoms with Crippen molar-refractivity contribution in [1.29, 1.82) is 0 Å². The molecule has 3 rings (SSSR count). The molecule has 9 heteroatoms. The van der Waals surface area contributed by atoms with Gasteiger partial charge in [0.25, 0.3) is 0 Å². The van der Waals surface area contributed by atoms with Crippen LogP contribution in [0.1, 0.15) is 5.56 Å². The van der Waals surface area contributed by atoms with Crippen LogP contribution in [-0.2, 0) is 6.54 Å². The lowest BCUT2D eigenvalue weighted by molar-refractivity contribution is 0.632. The number of anilines is 2. The summed E-state index contributed by atoms with van der Waals surface area (Å²) in [5, 5.41) is 11.6. The van der Waals surface area contributed by atoms with Crippen molar-refractivity contribution >= 4 is 63.6 Å². The number of hydrogen-bond acceptors (Lipinski definition) is 2. The van der Waals surface area contributed by atoms with Gasteiger partial charge in [0.2, 0.25) is 0 Å².